The summed E-state index contributed by atoms with van der Waals surface area (Å²) in [5, 5.41) is 4.30. The minimum Gasteiger partial charge on any atom is -0.324 e. The van der Waals surface area contributed by atoms with Crippen molar-refractivity contribution in [2.24, 2.45) is 5.92 Å². The monoisotopic (exact) mass is 355 g/mol. The van der Waals surface area contributed by atoms with Crippen molar-refractivity contribution in [3.8, 4) is 0 Å². The molecule has 8 heteroatoms. The normalized spacial score (nSPS) is 16.9. The number of halogens is 2. The fourth-order valence-corrected chi connectivity index (χ4v) is 3.65. The van der Waals surface area contributed by atoms with E-state index in [1.54, 1.807) is 18.2 Å². The van der Waals surface area contributed by atoms with Crippen LogP contribution in [0, 0.1) is 5.92 Å². The van der Waals surface area contributed by atoms with Crippen molar-refractivity contribution in [2.45, 2.75) is 11.7 Å². The molecule has 1 aliphatic heterocycles. The van der Waals surface area contributed by atoms with Gasteiger partial charge in [0.25, 0.3) is 5.56 Å². The number of rotatable bonds is 2. The molecule has 0 saturated carbocycles. The van der Waals surface area contributed by atoms with Crippen LogP contribution in [0.15, 0.2) is 40.4 Å². The van der Waals surface area contributed by atoms with E-state index in [1.165, 1.54) is 28.6 Å². The van der Waals surface area contributed by atoms with Crippen molar-refractivity contribution < 1.29 is 4.79 Å². The number of carbonyl (C=O) groups excluding carboxylic acids is 1. The second-order valence-electron chi connectivity index (χ2n) is 4.80. The maximum Gasteiger partial charge on any atom is 0.254 e. The van der Waals surface area contributed by atoms with Crippen LogP contribution in [-0.2, 0) is 11.3 Å². The first kappa shape index (κ1) is 15.4. The predicted molar refractivity (Wildman–Crippen MR) is 87.8 cm³/mol. The third-order valence-electron chi connectivity index (χ3n) is 3.28. The predicted octanol–water partition coefficient (Wildman–Crippen LogP) is 2.91. The number of nitrogens with zero attached hydrogens (tertiary/aromatic N) is 2. The Balaban J connectivity index is 1.77. The van der Waals surface area contributed by atoms with Crippen molar-refractivity contribution >= 4 is 46.6 Å². The average Bonchev–Trinajstić information content (AvgIpc) is 2.50. The lowest BCUT2D eigenvalue weighted by Gasteiger charge is -2.24. The van der Waals surface area contributed by atoms with Gasteiger partial charge in [0.2, 0.25) is 5.91 Å². The van der Waals surface area contributed by atoms with Crippen LogP contribution in [0.1, 0.15) is 0 Å². The molecule has 0 bridgehead atoms. The van der Waals surface area contributed by atoms with Gasteiger partial charge in [0.1, 0.15) is 0 Å². The zero-order chi connectivity index (χ0) is 15.7. The maximum atomic E-state index is 12.4. The van der Waals surface area contributed by atoms with Gasteiger partial charge in [-0.3, -0.25) is 14.2 Å². The van der Waals surface area contributed by atoms with Crippen molar-refractivity contribution in [1.82, 2.24) is 9.55 Å². The van der Waals surface area contributed by atoms with Crippen LogP contribution in [0.5, 0.6) is 0 Å². The van der Waals surface area contributed by atoms with E-state index in [0.29, 0.717) is 33.2 Å². The van der Waals surface area contributed by atoms with Crippen LogP contribution in [0.25, 0.3) is 0 Å². The van der Waals surface area contributed by atoms with Crippen LogP contribution in [0.3, 0.4) is 0 Å². The number of carbonyl (C=O) groups is 1. The SMILES string of the molecule is O=C(Nc1ccc(Cl)cc1Cl)C1CSc2nccc(=O)n2C1. The summed E-state index contributed by atoms with van der Waals surface area (Å²) < 4.78 is 1.52. The van der Waals surface area contributed by atoms with Crippen LogP contribution < -0.4 is 10.9 Å². The molecule has 1 aromatic carbocycles. The smallest absolute Gasteiger partial charge is 0.254 e. The molecule has 5 nitrogen and oxygen atoms in total. The Kier molecular flexibility index (Phi) is 4.42. The van der Waals surface area contributed by atoms with Gasteiger partial charge in [-0.05, 0) is 18.2 Å². The largest absolute Gasteiger partial charge is 0.324 e. The fourth-order valence-electron chi connectivity index (χ4n) is 2.13. The highest BCUT2D eigenvalue weighted by Gasteiger charge is 2.26. The highest BCUT2D eigenvalue weighted by atomic mass is 35.5. The molecule has 1 amide bonds. The Morgan fingerprint density at radius 3 is 2.95 bits per heavy atom. The van der Waals surface area contributed by atoms with Gasteiger partial charge < -0.3 is 5.32 Å². The summed E-state index contributed by atoms with van der Waals surface area (Å²) in [6.07, 6.45) is 1.48. The summed E-state index contributed by atoms with van der Waals surface area (Å²) in [6, 6.07) is 6.26. The Hall–Kier alpha value is -1.50. The zero-order valence-corrected chi connectivity index (χ0v) is 13.6. The molecule has 1 aliphatic rings. The molecule has 3 rings (SSSR count). The van der Waals surface area contributed by atoms with Crippen LogP contribution in [0.2, 0.25) is 10.0 Å². The number of aromatic nitrogens is 2. The second-order valence-corrected chi connectivity index (χ2v) is 6.63. The maximum absolute atomic E-state index is 12.4. The number of fused-ring (bicyclic) bond motifs is 1. The third kappa shape index (κ3) is 3.14. The molecule has 22 heavy (non-hydrogen) atoms. The standard InChI is InChI=1S/C14H11Cl2N3O2S/c15-9-1-2-11(10(16)5-9)18-13(21)8-6-19-12(20)3-4-17-14(19)22-7-8/h1-5,8H,6-7H2,(H,18,21). The number of anilines is 1. The minimum atomic E-state index is -0.328. The molecular formula is C14H11Cl2N3O2S. The van der Waals surface area contributed by atoms with E-state index in [9.17, 15) is 9.59 Å². The summed E-state index contributed by atoms with van der Waals surface area (Å²) in [6.45, 7) is 0.312. The summed E-state index contributed by atoms with van der Waals surface area (Å²) in [4.78, 5) is 28.3. The number of hydrogen-bond acceptors (Lipinski definition) is 4. The van der Waals surface area contributed by atoms with E-state index in [-0.39, 0.29) is 17.4 Å². The summed E-state index contributed by atoms with van der Waals surface area (Å²) in [5.41, 5.74) is 0.352. The first-order valence-electron chi connectivity index (χ1n) is 6.49. The van der Waals surface area contributed by atoms with E-state index < -0.39 is 0 Å². The molecule has 1 aromatic heterocycles. The highest BCUT2D eigenvalue weighted by Crippen LogP contribution is 2.28. The van der Waals surface area contributed by atoms with E-state index in [0.717, 1.165) is 0 Å². The summed E-state index contributed by atoms with van der Waals surface area (Å²) >= 11 is 13.3. The molecule has 2 aromatic rings. The number of thioether (sulfide) groups is 1. The Labute approximate surface area is 140 Å². The second kappa shape index (κ2) is 6.32. The van der Waals surface area contributed by atoms with Crippen molar-refractivity contribution in [1.29, 1.82) is 0 Å². The Morgan fingerprint density at radius 1 is 1.36 bits per heavy atom. The van der Waals surface area contributed by atoms with Crippen LogP contribution in [-0.4, -0.2) is 21.2 Å². The van der Waals surface area contributed by atoms with Gasteiger partial charge in [0.05, 0.1) is 16.6 Å². The number of hydrogen-bond donors (Lipinski definition) is 1. The molecule has 1 N–H and O–H groups in total. The Bertz CT molecular complexity index is 794. The lowest BCUT2D eigenvalue weighted by Crippen LogP contribution is -2.36. The van der Waals surface area contributed by atoms with E-state index in [1.807, 2.05) is 0 Å². The first-order chi connectivity index (χ1) is 10.5. The Morgan fingerprint density at radius 2 is 2.18 bits per heavy atom. The number of amides is 1. The van der Waals surface area contributed by atoms with Crippen LogP contribution >= 0.6 is 35.0 Å². The van der Waals surface area contributed by atoms with Gasteiger partial charge in [0, 0.05) is 29.6 Å². The molecule has 0 fully saturated rings. The van der Waals surface area contributed by atoms with Gasteiger partial charge >= 0.3 is 0 Å². The lowest BCUT2D eigenvalue weighted by atomic mass is 10.1. The summed E-state index contributed by atoms with van der Waals surface area (Å²) in [5.74, 6) is 0.0531. The molecule has 1 unspecified atom stereocenters. The molecule has 0 aliphatic carbocycles. The first-order valence-corrected chi connectivity index (χ1v) is 8.23. The lowest BCUT2D eigenvalue weighted by molar-refractivity contribution is -0.119. The van der Waals surface area contributed by atoms with E-state index in [2.05, 4.69) is 10.3 Å². The molecule has 2 heterocycles. The number of nitrogens with one attached hydrogen (secondary N) is 1. The molecule has 0 spiro atoms. The molecular weight excluding hydrogens is 345 g/mol. The fraction of sp³-hybridized carbons (Fsp3) is 0.214. The van der Waals surface area contributed by atoms with Crippen LogP contribution in [0.4, 0.5) is 5.69 Å². The van der Waals surface area contributed by atoms with Gasteiger partial charge in [0.15, 0.2) is 5.16 Å². The topological polar surface area (TPSA) is 64.0 Å². The summed E-state index contributed by atoms with van der Waals surface area (Å²) in [7, 11) is 0. The van der Waals surface area contributed by atoms with Gasteiger partial charge in [-0.1, -0.05) is 35.0 Å². The number of benzene rings is 1. The van der Waals surface area contributed by atoms with Gasteiger partial charge in [-0.15, -0.1) is 0 Å². The molecule has 0 saturated heterocycles. The van der Waals surface area contributed by atoms with E-state index in [4.69, 9.17) is 23.2 Å². The highest BCUT2D eigenvalue weighted by molar-refractivity contribution is 7.99. The molecule has 1 atom stereocenters. The van der Waals surface area contributed by atoms with E-state index >= 15 is 0 Å². The third-order valence-corrected chi connectivity index (χ3v) is 4.98. The quantitative estimate of drug-likeness (QED) is 0.841. The minimum absolute atomic E-state index is 0.153. The van der Waals surface area contributed by atoms with Gasteiger partial charge in [-0.2, -0.15) is 0 Å². The van der Waals surface area contributed by atoms with Crippen molar-refractivity contribution in [2.75, 3.05) is 11.1 Å². The van der Waals surface area contributed by atoms with Crippen molar-refractivity contribution in [3.05, 3.63) is 50.9 Å². The molecule has 114 valence electrons. The van der Waals surface area contributed by atoms with Gasteiger partial charge in [-0.25, -0.2) is 4.98 Å². The zero-order valence-electron chi connectivity index (χ0n) is 11.3. The van der Waals surface area contributed by atoms with Crippen molar-refractivity contribution in [3.63, 3.8) is 0 Å². The average molecular weight is 356 g/mol. The molecule has 0 radical (unpaired) electrons.